The number of nitrogens with one attached hydrogen (secondary N) is 1. The standard InChI is InChI=1S/C57H101N2O7P/c1-7-10-13-16-19-22-25-27-29-30-31-34-37-40-43-46-49-56(60)58-54(53-65-67(62,63)64-52-51-59(4,5)6)55(48-45-42-39-36-33-24-21-18-15-12-9-3)66-57(61)50-47-44-41-38-35-32-28-26-23-20-17-14-11-8-2/h10-11,13-14,19-20,22-23,27,29,31,34,45,48,54-55H,7-9,12,15-18,21,24-26,28,30,32-33,35-44,46-47,49-53H2,1-6H3,(H-,58,60,62,63)/b13-10+,14-11+,22-19+,23-20+,29-27+,34-31+,48-45+. The van der Waals surface area contributed by atoms with E-state index in [2.05, 4.69) is 99.0 Å². The number of likely N-dealkylation sites (N-methyl/N-ethyl adjacent to an activating group) is 1. The quantitative estimate of drug-likeness (QED) is 0.0212. The van der Waals surface area contributed by atoms with Crippen LogP contribution in [0.4, 0.5) is 0 Å². The maximum Gasteiger partial charge on any atom is 0.306 e. The molecule has 0 saturated carbocycles. The Kier molecular flexibility index (Phi) is 44.9. The number of hydrogen-bond acceptors (Lipinski definition) is 7. The van der Waals surface area contributed by atoms with E-state index in [1.54, 1.807) is 0 Å². The summed E-state index contributed by atoms with van der Waals surface area (Å²) in [6.45, 7) is 6.56. The zero-order valence-corrected chi connectivity index (χ0v) is 44.7. The third kappa shape index (κ3) is 48.0. The minimum Gasteiger partial charge on any atom is -0.756 e. The van der Waals surface area contributed by atoms with Crippen molar-refractivity contribution in [2.75, 3.05) is 40.9 Å². The predicted molar refractivity (Wildman–Crippen MR) is 284 cm³/mol. The third-order valence-corrected chi connectivity index (χ3v) is 12.3. The Hall–Kier alpha value is -2.81. The lowest BCUT2D eigenvalue weighted by Crippen LogP contribution is -2.47. The van der Waals surface area contributed by atoms with E-state index in [1.165, 1.54) is 64.2 Å². The van der Waals surface area contributed by atoms with Crippen molar-refractivity contribution in [2.24, 2.45) is 0 Å². The third-order valence-electron chi connectivity index (χ3n) is 11.3. The van der Waals surface area contributed by atoms with Crippen LogP contribution < -0.4 is 10.2 Å². The molecule has 0 aliphatic heterocycles. The highest BCUT2D eigenvalue weighted by atomic mass is 31.2. The molecule has 3 unspecified atom stereocenters. The number of ether oxygens (including phenoxy) is 1. The van der Waals surface area contributed by atoms with E-state index in [0.29, 0.717) is 23.9 Å². The molecule has 0 fully saturated rings. The fourth-order valence-electron chi connectivity index (χ4n) is 7.20. The average molecular weight is 957 g/mol. The van der Waals surface area contributed by atoms with Crippen molar-refractivity contribution in [1.82, 2.24) is 5.32 Å². The van der Waals surface area contributed by atoms with Gasteiger partial charge in [0.2, 0.25) is 5.91 Å². The van der Waals surface area contributed by atoms with Crippen molar-refractivity contribution in [3.8, 4) is 0 Å². The first-order valence-electron chi connectivity index (χ1n) is 26.9. The van der Waals surface area contributed by atoms with E-state index in [0.717, 1.165) is 103 Å². The Morgan fingerprint density at radius 2 is 0.955 bits per heavy atom. The van der Waals surface area contributed by atoms with Crippen molar-refractivity contribution >= 4 is 19.7 Å². The van der Waals surface area contributed by atoms with Crippen LogP contribution in [0.1, 0.15) is 213 Å². The number of amides is 1. The summed E-state index contributed by atoms with van der Waals surface area (Å²) in [7, 11) is 1.14. The van der Waals surface area contributed by atoms with Crippen LogP contribution in [0.25, 0.3) is 0 Å². The molecule has 0 spiro atoms. The van der Waals surface area contributed by atoms with Crippen molar-refractivity contribution in [1.29, 1.82) is 0 Å². The fourth-order valence-corrected chi connectivity index (χ4v) is 7.92. The first-order valence-corrected chi connectivity index (χ1v) is 28.4. The van der Waals surface area contributed by atoms with E-state index in [1.807, 2.05) is 33.3 Å². The molecule has 9 nitrogen and oxygen atoms in total. The number of quaternary nitrogens is 1. The Morgan fingerprint density at radius 1 is 0.537 bits per heavy atom. The van der Waals surface area contributed by atoms with Crippen LogP contribution in [-0.2, 0) is 27.9 Å². The highest BCUT2D eigenvalue weighted by molar-refractivity contribution is 7.45. The summed E-state index contributed by atoms with van der Waals surface area (Å²) < 4.78 is 30.1. The van der Waals surface area contributed by atoms with E-state index >= 15 is 0 Å². The smallest absolute Gasteiger partial charge is 0.306 e. The molecule has 0 bridgehead atoms. The van der Waals surface area contributed by atoms with Crippen LogP contribution in [0.2, 0.25) is 0 Å². The zero-order chi connectivity index (χ0) is 49.4. The zero-order valence-electron chi connectivity index (χ0n) is 43.8. The van der Waals surface area contributed by atoms with Gasteiger partial charge >= 0.3 is 5.97 Å². The lowest BCUT2D eigenvalue weighted by molar-refractivity contribution is -0.870. The Labute approximate surface area is 412 Å². The van der Waals surface area contributed by atoms with Gasteiger partial charge in [-0.05, 0) is 96.0 Å². The summed E-state index contributed by atoms with van der Waals surface area (Å²) >= 11 is 0. The number of allylic oxidation sites excluding steroid dienone is 13. The number of hydrogen-bond donors (Lipinski definition) is 1. The van der Waals surface area contributed by atoms with E-state index in [-0.39, 0.29) is 31.3 Å². The molecule has 1 N–H and O–H groups in total. The second-order valence-electron chi connectivity index (χ2n) is 19.0. The number of carbonyl (C=O) groups excluding carboxylic acids is 2. The van der Waals surface area contributed by atoms with Gasteiger partial charge in [0.1, 0.15) is 19.3 Å². The maximum absolute atomic E-state index is 13.4. The first-order chi connectivity index (χ1) is 32.4. The van der Waals surface area contributed by atoms with Crippen molar-refractivity contribution in [2.45, 2.75) is 226 Å². The highest BCUT2D eigenvalue weighted by Gasteiger charge is 2.27. The van der Waals surface area contributed by atoms with Crippen LogP contribution in [0.15, 0.2) is 85.1 Å². The SMILES string of the molecule is CC/C=C/C/C=C/C/C=C/C/C=C/CCCCCC(=O)NC(COP(=O)([O-])OCC[N+](C)(C)C)C(/C=C/CCCCCCCCCCC)OC(=O)CCCCCCCCC/C=C/C/C=C/CC. The Balaban J connectivity index is 5.45. The fraction of sp³-hybridized carbons (Fsp3) is 0.719. The van der Waals surface area contributed by atoms with Crippen molar-refractivity contribution in [3.63, 3.8) is 0 Å². The lowest BCUT2D eigenvalue weighted by atomic mass is 10.1. The van der Waals surface area contributed by atoms with Gasteiger partial charge in [-0.15, -0.1) is 0 Å². The Bertz CT molecular complexity index is 1430. The summed E-state index contributed by atoms with van der Waals surface area (Å²) in [5.74, 6) is -0.595. The number of carbonyl (C=O) groups is 2. The Morgan fingerprint density at radius 3 is 1.45 bits per heavy atom. The number of phosphoric acid groups is 1. The molecular formula is C57H101N2O7P. The molecule has 0 aromatic carbocycles. The number of phosphoric ester groups is 1. The van der Waals surface area contributed by atoms with E-state index < -0.39 is 26.6 Å². The number of nitrogens with zero attached hydrogens (tertiary/aromatic N) is 1. The monoisotopic (exact) mass is 957 g/mol. The topological polar surface area (TPSA) is 114 Å². The van der Waals surface area contributed by atoms with Gasteiger partial charge < -0.3 is 28.5 Å². The molecule has 0 aliphatic carbocycles. The highest BCUT2D eigenvalue weighted by Crippen LogP contribution is 2.38. The van der Waals surface area contributed by atoms with Gasteiger partial charge in [-0.25, -0.2) is 0 Å². The molecule has 0 radical (unpaired) electrons. The normalized spacial score (nSPS) is 14.6. The minimum atomic E-state index is -4.70. The van der Waals surface area contributed by atoms with E-state index in [4.69, 9.17) is 13.8 Å². The molecule has 67 heavy (non-hydrogen) atoms. The van der Waals surface area contributed by atoms with Gasteiger partial charge in [0.05, 0.1) is 33.8 Å². The van der Waals surface area contributed by atoms with Crippen LogP contribution in [0.3, 0.4) is 0 Å². The van der Waals surface area contributed by atoms with Gasteiger partial charge in [0.25, 0.3) is 7.82 Å². The minimum absolute atomic E-state index is 0.0339. The van der Waals surface area contributed by atoms with Gasteiger partial charge in [-0.1, -0.05) is 190 Å². The van der Waals surface area contributed by atoms with Crippen LogP contribution in [0, 0.1) is 0 Å². The molecule has 0 saturated heterocycles. The predicted octanol–water partition coefficient (Wildman–Crippen LogP) is 15.2. The number of unbranched alkanes of at least 4 members (excludes halogenated alkanes) is 19. The summed E-state index contributed by atoms with van der Waals surface area (Å²) in [6, 6.07) is -0.910. The molecular weight excluding hydrogens is 856 g/mol. The van der Waals surface area contributed by atoms with Crippen molar-refractivity contribution in [3.05, 3.63) is 85.1 Å². The molecule has 0 aromatic rings. The van der Waals surface area contributed by atoms with Gasteiger partial charge in [-0.3, -0.25) is 14.2 Å². The summed E-state index contributed by atoms with van der Waals surface area (Å²) in [6.07, 6.45) is 59.8. The largest absolute Gasteiger partial charge is 0.756 e. The molecule has 1 amide bonds. The molecule has 0 aromatic heterocycles. The molecule has 10 heteroatoms. The van der Waals surface area contributed by atoms with E-state index in [9.17, 15) is 19.0 Å². The average Bonchev–Trinajstić information content (AvgIpc) is 3.28. The maximum atomic E-state index is 13.4. The second-order valence-corrected chi connectivity index (χ2v) is 20.4. The molecule has 0 aliphatic rings. The molecule has 0 rings (SSSR count). The van der Waals surface area contributed by atoms with Crippen LogP contribution in [0.5, 0.6) is 0 Å². The summed E-state index contributed by atoms with van der Waals surface area (Å²) in [5.41, 5.74) is 0. The molecule has 0 heterocycles. The number of esters is 1. The molecule has 3 atom stereocenters. The molecule has 386 valence electrons. The van der Waals surface area contributed by atoms with Gasteiger partial charge in [0.15, 0.2) is 0 Å². The van der Waals surface area contributed by atoms with Crippen LogP contribution in [-0.4, -0.2) is 69.4 Å². The lowest BCUT2D eigenvalue weighted by Gasteiger charge is -2.30. The summed E-state index contributed by atoms with van der Waals surface area (Å²) in [4.78, 5) is 39.7. The first kappa shape index (κ1) is 64.2. The van der Waals surface area contributed by atoms with Gasteiger partial charge in [-0.2, -0.15) is 0 Å². The van der Waals surface area contributed by atoms with Gasteiger partial charge in [0, 0.05) is 12.8 Å². The second kappa shape index (κ2) is 46.9. The number of rotatable bonds is 47. The van der Waals surface area contributed by atoms with Crippen molar-refractivity contribution < 1.29 is 37.3 Å². The van der Waals surface area contributed by atoms with Crippen LogP contribution >= 0.6 is 7.82 Å². The summed E-state index contributed by atoms with van der Waals surface area (Å²) in [5, 5.41) is 2.99.